The quantitative estimate of drug-likeness (QED) is 0.775. The van der Waals surface area contributed by atoms with E-state index < -0.39 is 10.0 Å². The van der Waals surface area contributed by atoms with Crippen LogP contribution in [0.3, 0.4) is 0 Å². The SMILES string of the molecule is COc1ccc(F)cc1CN1CCN(S(=O)(=O)Cc2ccccc2)CC1. The molecule has 0 aliphatic carbocycles. The summed E-state index contributed by atoms with van der Waals surface area (Å²) in [4.78, 5) is 2.12. The summed E-state index contributed by atoms with van der Waals surface area (Å²) in [5.41, 5.74) is 1.56. The second kappa shape index (κ2) is 8.16. The largest absolute Gasteiger partial charge is 0.496 e. The zero-order valence-corrected chi connectivity index (χ0v) is 15.6. The molecular weight excluding hydrogens is 355 g/mol. The fourth-order valence-electron chi connectivity index (χ4n) is 3.15. The van der Waals surface area contributed by atoms with Crippen molar-refractivity contribution in [1.82, 2.24) is 9.21 Å². The molecule has 0 aromatic heterocycles. The number of nitrogens with zero attached hydrogens (tertiary/aromatic N) is 2. The molecule has 0 N–H and O–H groups in total. The fourth-order valence-corrected chi connectivity index (χ4v) is 4.67. The number of hydrogen-bond acceptors (Lipinski definition) is 4. The Morgan fingerprint density at radius 2 is 1.73 bits per heavy atom. The maximum Gasteiger partial charge on any atom is 0.218 e. The summed E-state index contributed by atoms with van der Waals surface area (Å²) in [5, 5.41) is 0. The van der Waals surface area contributed by atoms with Crippen molar-refractivity contribution in [3.63, 3.8) is 0 Å². The summed E-state index contributed by atoms with van der Waals surface area (Å²) in [6, 6.07) is 13.7. The lowest BCUT2D eigenvalue weighted by molar-refractivity contribution is 0.179. The first-order chi connectivity index (χ1) is 12.5. The molecule has 140 valence electrons. The molecule has 2 aromatic carbocycles. The molecule has 3 rings (SSSR count). The average molecular weight is 378 g/mol. The van der Waals surface area contributed by atoms with E-state index in [0.717, 1.165) is 11.1 Å². The molecule has 7 heteroatoms. The monoisotopic (exact) mass is 378 g/mol. The molecular formula is C19H23FN2O3S. The van der Waals surface area contributed by atoms with Crippen LogP contribution in [0.4, 0.5) is 4.39 Å². The molecule has 26 heavy (non-hydrogen) atoms. The molecule has 1 fully saturated rings. The summed E-state index contributed by atoms with van der Waals surface area (Å²) < 4.78 is 45.5. The third-order valence-corrected chi connectivity index (χ3v) is 6.40. The van der Waals surface area contributed by atoms with Crippen molar-refractivity contribution in [3.8, 4) is 5.75 Å². The zero-order valence-electron chi connectivity index (χ0n) is 14.8. The van der Waals surface area contributed by atoms with Crippen molar-refractivity contribution < 1.29 is 17.5 Å². The molecule has 2 aromatic rings. The Labute approximate surface area is 154 Å². The lowest BCUT2D eigenvalue weighted by Crippen LogP contribution is -2.48. The summed E-state index contributed by atoms with van der Waals surface area (Å²) in [6.45, 7) is 2.62. The van der Waals surface area contributed by atoms with Crippen LogP contribution < -0.4 is 4.74 Å². The Morgan fingerprint density at radius 3 is 2.38 bits per heavy atom. The maximum absolute atomic E-state index is 13.5. The van der Waals surface area contributed by atoms with Gasteiger partial charge >= 0.3 is 0 Å². The van der Waals surface area contributed by atoms with Crippen LogP contribution in [0, 0.1) is 5.82 Å². The first kappa shape index (κ1) is 18.8. The third-order valence-electron chi connectivity index (χ3n) is 4.55. The number of methoxy groups -OCH3 is 1. The van der Waals surface area contributed by atoms with Gasteiger partial charge in [-0.1, -0.05) is 30.3 Å². The van der Waals surface area contributed by atoms with Crippen molar-refractivity contribution in [3.05, 3.63) is 65.5 Å². The highest BCUT2D eigenvalue weighted by molar-refractivity contribution is 7.88. The van der Waals surface area contributed by atoms with Gasteiger partial charge in [0.15, 0.2) is 0 Å². The van der Waals surface area contributed by atoms with Gasteiger partial charge in [-0.2, -0.15) is 4.31 Å². The Kier molecular flexibility index (Phi) is 5.90. The van der Waals surface area contributed by atoms with Crippen molar-refractivity contribution in [2.24, 2.45) is 0 Å². The molecule has 0 saturated carbocycles. The highest BCUT2D eigenvalue weighted by Gasteiger charge is 2.27. The van der Waals surface area contributed by atoms with Crippen LogP contribution in [0.25, 0.3) is 0 Å². The molecule has 1 aliphatic rings. The highest BCUT2D eigenvalue weighted by atomic mass is 32.2. The van der Waals surface area contributed by atoms with E-state index in [-0.39, 0.29) is 11.6 Å². The van der Waals surface area contributed by atoms with E-state index in [1.54, 1.807) is 17.5 Å². The topological polar surface area (TPSA) is 49.9 Å². The molecule has 5 nitrogen and oxygen atoms in total. The highest BCUT2D eigenvalue weighted by Crippen LogP contribution is 2.22. The minimum absolute atomic E-state index is 0.0194. The van der Waals surface area contributed by atoms with Gasteiger partial charge < -0.3 is 4.74 Å². The number of piperazine rings is 1. The lowest BCUT2D eigenvalue weighted by atomic mass is 10.1. The van der Waals surface area contributed by atoms with Crippen molar-refractivity contribution in [2.75, 3.05) is 33.3 Å². The maximum atomic E-state index is 13.5. The fraction of sp³-hybridized carbons (Fsp3) is 0.368. The van der Waals surface area contributed by atoms with Crippen LogP contribution in [0.2, 0.25) is 0 Å². The minimum Gasteiger partial charge on any atom is -0.496 e. The predicted molar refractivity (Wildman–Crippen MR) is 98.9 cm³/mol. The normalized spacial score (nSPS) is 16.5. The van der Waals surface area contributed by atoms with E-state index >= 15 is 0 Å². The van der Waals surface area contributed by atoms with Crippen molar-refractivity contribution in [1.29, 1.82) is 0 Å². The molecule has 0 bridgehead atoms. The smallest absolute Gasteiger partial charge is 0.218 e. The second-order valence-electron chi connectivity index (χ2n) is 6.37. The zero-order chi connectivity index (χ0) is 18.6. The Morgan fingerprint density at radius 1 is 1.04 bits per heavy atom. The number of sulfonamides is 1. The molecule has 1 heterocycles. The van der Waals surface area contributed by atoms with E-state index in [1.807, 2.05) is 30.3 Å². The van der Waals surface area contributed by atoms with Gasteiger partial charge in [-0.3, -0.25) is 4.90 Å². The molecule has 1 saturated heterocycles. The Hall–Kier alpha value is -1.96. The summed E-state index contributed by atoms with van der Waals surface area (Å²) in [5.74, 6) is 0.362. The second-order valence-corrected chi connectivity index (χ2v) is 8.34. The van der Waals surface area contributed by atoms with Crippen LogP contribution in [0.5, 0.6) is 5.75 Å². The summed E-state index contributed by atoms with van der Waals surface area (Å²) in [7, 11) is -1.77. The molecule has 0 amide bonds. The van der Waals surface area contributed by atoms with E-state index in [0.29, 0.717) is 38.5 Å². The Balaban J connectivity index is 1.60. The van der Waals surface area contributed by atoms with Gasteiger partial charge in [0.1, 0.15) is 11.6 Å². The first-order valence-corrected chi connectivity index (χ1v) is 10.2. The van der Waals surface area contributed by atoms with Gasteiger partial charge in [0.25, 0.3) is 0 Å². The lowest BCUT2D eigenvalue weighted by Gasteiger charge is -2.34. The minimum atomic E-state index is -3.33. The van der Waals surface area contributed by atoms with Crippen molar-refractivity contribution in [2.45, 2.75) is 12.3 Å². The van der Waals surface area contributed by atoms with E-state index in [9.17, 15) is 12.8 Å². The third kappa shape index (κ3) is 4.60. The number of ether oxygens (including phenoxy) is 1. The predicted octanol–water partition coefficient (Wildman–Crippen LogP) is 2.48. The van der Waals surface area contributed by atoms with Gasteiger partial charge in [-0.25, -0.2) is 12.8 Å². The standard InChI is InChI=1S/C19H23FN2O3S/c1-25-19-8-7-18(20)13-17(19)14-21-9-11-22(12-10-21)26(23,24)15-16-5-3-2-4-6-16/h2-8,13H,9-12,14-15H2,1H3. The van der Waals surface area contributed by atoms with Crippen LogP contribution >= 0.6 is 0 Å². The van der Waals surface area contributed by atoms with Crippen molar-refractivity contribution >= 4 is 10.0 Å². The number of rotatable bonds is 6. The van der Waals surface area contributed by atoms with Crippen LogP contribution in [0.15, 0.2) is 48.5 Å². The van der Waals surface area contributed by atoms with E-state index in [4.69, 9.17) is 4.74 Å². The Bertz CT molecular complexity index is 835. The number of hydrogen-bond donors (Lipinski definition) is 0. The summed E-state index contributed by atoms with van der Waals surface area (Å²) >= 11 is 0. The number of benzene rings is 2. The first-order valence-electron chi connectivity index (χ1n) is 8.54. The van der Waals surface area contributed by atoms with Gasteiger partial charge in [0, 0.05) is 38.3 Å². The van der Waals surface area contributed by atoms with E-state index in [2.05, 4.69) is 4.90 Å². The molecule has 1 aliphatic heterocycles. The molecule has 0 radical (unpaired) electrons. The van der Waals surface area contributed by atoms with Gasteiger partial charge in [-0.15, -0.1) is 0 Å². The van der Waals surface area contributed by atoms with Crippen LogP contribution in [0.1, 0.15) is 11.1 Å². The molecule has 0 spiro atoms. The van der Waals surface area contributed by atoms with Crippen LogP contribution in [-0.2, 0) is 22.3 Å². The van der Waals surface area contributed by atoms with Crippen LogP contribution in [-0.4, -0.2) is 50.9 Å². The van der Waals surface area contributed by atoms with Gasteiger partial charge in [0.05, 0.1) is 12.9 Å². The number of halogens is 1. The van der Waals surface area contributed by atoms with E-state index in [1.165, 1.54) is 12.1 Å². The molecule has 0 unspecified atom stereocenters. The average Bonchev–Trinajstić information content (AvgIpc) is 2.63. The van der Waals surface area contributed by atoms with Gasteiger partial charge in [-0.05, 0) is 23.8 Å². The van der Waals surface area contributed by atoms with Gasteiger partial charge in [0.2, 0.25) is 10.0 Å². The molecule has 0 atom stereocenters. The summed E-state index contributed by atoms with van der Waals surface area (Å²) in [6.07, 6.45) is 0.